The minimum absolute atomic E-state index is 0.231. The standard InChI is InChI=1S/C25H18F4N2O4S/c1-15(30-24(33)25(27,28)29)16-10-12-18(13-11-16)36(34,35)22-14-17-6-2-5-9-21(17)31(22)23(32)19-7-3-4-8-20(19)26/h2-15H,1H3,(H,30,33)/t15-/m0/s1. The third-order valence-electron chi connectivity index (χ3n) is 5.56. The first kappa shape index (κ1) is 25.1. The lowest BCUT2D eigenvalue weighted by molar-refractivity contribution is -0.174. The van der Waals surface area contributed by atoms with E-state index < -0.39 is 44.7 Å². The minimum Gasteiger partial charge on any atom is -0.342 e. The summed E-state index contributed by atoms with van der Waals surface area (Å²) in [6, 6.07) is 16.7. The summed E-state index contributed by atoms with van der Waals surface area (Å²) in [7, 11) is -4.33. The zero-order valence-corrected chi connectivity index (χ0v) is 19.4. The maximum absolute atomic E-state index is 14.4. The van der Waals surface area contributed by atoms with Crippen LogP contribution in [0.15, 0.2) is 88.8 Å². The van der Waals surface area contributed by atoms with Crippen molar-refractivity contribution in [3.63, 3.8) is 0 Å². The highest BCUT2D eigenvalue weighted by Gasteiger charge is 2.39. The third kappa shape index (κ3) is 4.61. The Morgan fingerprint density at radius 2 is 1.53 bits per heavy atom. The van der Waals surface area contributed by atoms with Crippen molar-refractivity contribution < 1.29 is 35.6 Å². The van der Waals surface area contributed by atoms with Gasteiger partial charge in [-0.3, -0.25) is 14.2 Å². The fourth-order valence-electron chi connectivity index (χ4n) is 3.71. The molecule has 0 aliphatic heterocycles. The summed E-state index contributed by atoms with van der Waals surface area (Å²) in [4.78, 5) is 24.2. The Balaban J connectivity index is 1.76. The number of aromatic nitrogens is 1. The molecular formula is C25H18F4N2O4S. The molecule has 0 saturated carbocycles. The lowest BCUT2D eigenvalue weighted by Gasteiger charge is -2.16. The molecule has 1 atom stereocenters. The maximum atomic E-state index is 14.4. The number of fused-ring (bicyclic) bond motifs is 1. The van der Waals surface area contributed by atoms with Gasteiger partial charge in [-0.2, -0.15) is 13.2 Å². The largest absolute Gasteiger partial charge is 0.471 e. The second-order valence-corrected chi connectivity index (χ2v) is 9.82. The van der Waals surface area contributed by atoms with Crippen LogP contribution < -0.4 is 5.32 Å². The van der Waals surface area contributed by atoms with Crippen LogP contribution in [0.25, 0.3) is 10.9 Å². The van der Waals surface area contributed by atoms with Crippen LogP contribution in [-0.2, 0) is 14.6 Å². The number of nitrogens with zero attached hydrogens (tertiary/aromatic N) is 1. The van der Waals surface area contributed by atoms with Crippen LogP contribution in [0, 0.1) is 5.82 Å². The first-order valence-electron chi connectivity index (χ1n) is 10.5. The Morgan fingerprint density at radius 3 is 2.17 bits per heavy atom. The van der Waals surface area contributed by atoms with Gasteiger partial charge in [0, 0.05) is 5.39 Å². The zero-order chi connectivity index (χ0) is 26.3. The van der Waals surface area contributed by atoms with Crippen LogP contribution in [0.3, 0.4) is 0 Å². The number of rotatable bonds is 5. The van der Waals surface area contributed by atoms with Crippen molar-refractivity contribution in [1.82, 2.24) is 9.88 Å². The monoisotopic (exact) mass is 518 g/mol. The smallest absolute Gasteiger partial charge is 0.342 e. The van der Waals surface area contributed by atoms with Gasteiger partial charge in [0.05, 0.1) is 22.0 Å². The molecule has 186 valence electrons. The van der Waals surface area contributed by atoms with Crippen LogP contribution >= 0.6 is 0 Å². The summed E-state index contributed by atoms with van der Waals surface area (Å²) in [5.41, 5.74) is 0.166. The highest BCUT2D eigenvalue weighted by molar-refractivity contribution is 7.91. The molecule has 3 aromatic carbocycles. The highest BCUT2D eigenvalue weighted by Crippen LogP contribution is 2.30. The van der Waals surface area contributed by atoms with E-state index in [4.69, 9.17) is 0 Å². The molecule has 0 radical (unpaired) electrons. The van der Waals surface area contributed by atoms with Crippen LogP contribution in [0.1, 0.15) is 28.9 Å². The summed E-state index contributed by atoms with van der Waals surface area (Å²) in [5.74, 6) is -3.82. The van der Waals surface area contributed by atoms with Gasteiger partial charge in [0.25, 0.3) is 5.91 Å². The van der Waals surface area contributed by atoms with Gasteiger partial charge in [-0.15, -0.1) is 0 Å². The van der Waals surface area contributed by atoms with Gasteiger partial charge in [-0.1, -0.05) is 42.5 Å². The van der Waals surface area contributed by atoms with Crippen molar-refractivity contribution in [2.75, 3.05) is 0 Å². The van der Waals surface area contributed by atoms with Gasteiger partial charge in [0.15, 0.2) is 0 Å². The first-order chi connectivity index (χ1) is 16.9. The number of nitrogens with one attached hydrogen (secondary N) is 1. The number of carbonyl (C=O) groups is 2. The summed E-state index contributed by atoms with van der Waals surface area (Å²) in [5, 5.41) is 1.83. The lowest BCUT2D eigenvalue weighted by atomic mass is 10.1. The van der Waals surface area contributed by atoms with Crippen LogP contribution in [0.2, 0.25) is 0 Å². The Bertz CT molecular complexity index is 1580. The van der Waals surface area contributed by atoms with E-state index in [1.165, 1.54) is 49.4 Å². The maximum Gasteiger partial charge on any atom is 0.471 e. The molecule has 0 bridgehead atoms. The van der Waals surface area contributed by atoms with Crippen molar-refractivity contribution in [3.05, 3.63) is 95.8 Å². The number of carbonyl (C=O) groups excluding carboxylic acids is 2. The second kappa shape index (κ2) is 9.23. The molecule has 4 rings (SSSR count). The Kier molecular flexibility index (Phi) is 6.44. The van der Waals surface area contributed by atoms with E-state index in [2.05, 4.69) is 0 Å². The average molecular weight is 518 g/mol. The number of para-hydroxylation sites is 1. The molecule has 0 unspecified atom stereocenters. The van der Waals surface area contributed by atoms with Crippen molar-refractivity contribution in [1.29, 1.82) is 0 Å². The molecular weight excluding hydrogens is 500 g/mol. The van der Waals surface area contributed by atoms with E-state index in [1.807, 2.05) is 0 Å². The van der Waals surface area contributed by atoms with Crippen molar-refractivity contribution >= 4 is 32.6 Å². The van der Waals surface area contributed by atoms with E-state index in [9.17, 15) is 35.6 Å². The summed E-state index contributed by atoms with van der Waals surface area (Å²) in [6.07, 6.45) is -5.06. The summed E-state index contributed by atoms with van der Waals surface area (Å²) >= 11 is 0. The molecule has 0 saturated heterocycles. The van der Waals surface area contributed by atoms with Crippen LogP contribution in [-0.4, -0.2) is 31.0 Å². The number of benzene rings is 3. The molecule has 1 N–H and O–H groups in total. The first-order valence-corrected chi connectivity index (χ1v) is 12.0. The average Bonchev–Trinajstić information content (AvgIpc) is 3.24. The van der Waals surface area contributed by atoms with Crippen LogP contribution in [0.5, 0.6) is 0 Å². The number of alkyl halides is 3. The molecule has 4 aromatic rings. The molecule has 0 spiro atoms. The quantitative estimate of drug-likeness (QED) is 0.375. The molecule has 0 fully saturated rings. The third-order valence-corrected chi connectivity index (χ3v) is 7.30. The minimum atomic E-state index is -5.06. The number of hydrogen-bond donors (Lipinski definition) is 1. The fourth-order valence-corrected chi connectivity index (χ4v) is 5.15. The Hall–Kier alpha value is -3.99. The molecule has 0 aliphatic rings. The Labute approximate surface area is 203 Å². The molecule has 1 aromatic heterocycles. The van der Waals surface area contributed by atoms with Crippen molar-refractivity contribution in [2.45, 2.75) is 29.1 Å². The Morgan fingerprint density at radius 1 is 0.917 bits per heavy atom. The summed E-state index contributed by atoms with van der Waals surface area (Å²) in [6.45, 7) is 1.32. The second-order valence-electron chi connectivity index (χ2n) is 7.93. The predicted octanol–water partition coefficient (Wildman–Crippen LogP) is 5.04. The van der Waals surface area contributed by atoms with E-state index in [0.717, 1.165) is 22.8 Å². The van der Waals surface area contributed by atoms with E-state index in [1.54, 1.807) is 23.5 Å². The van der Waals surface area contributed by atoms with Gasteiger partial charge in [0.1, 0.15) is 10.8 Å². The molecule has 1 heterocycles. The number of hydrogen-bond acceptors (Lipinski definition) is 4. The number of amides is 1. The molecule has 11 heteroatoms. The molecule has 1 amide bonds. The van der Waals surface area contributed by atoms with Gasteiger partial charge < -0.3 is 5.32 Å². The van der Waals surface area contributed by atoms with E-state index in [0.29, 0.717) is 5.39 Å². The van der Waals surface area contributed by atoms with E-state index in [-0.39, 0.29) is 21.5 Å². The van der Waals surface area contributed by atoms with Gasteiger partial charge in [-0.25, -0.2) is 12.8 Å². The normalized spacial score (nSPS) is 12.9. The zero-order valence-electron chi connectivity index (χ0n) is 18.6. The van der Waals surface area contributed by atoms with Crippen molar-refractivity contribution in [3.8, 4) is 0 Å². The van der Waals surface area contributed by atoms with Gasteiger partial charge >= 0.3 is 12.1 Å². The molecule has 6 nitrogen and oxygen atoms in total. The summed E-state index contributed by atoms with van der Waals surface area (Å²) < 4.78 is 80.0. The predicted molar refractivity (Wildman–Crippen MR) is 123 cm³/mol. The van der Waals surface area contributed by atoms with E-state index >= 15 is 0 Å². The number of halogens is 4. The SMILES string of the molecule is C[C@H](NC(=O)C(F)(F)F)c1ccc(S(=O)(=O)c2cc3ccccc3n2C(=O)c2ccccc2F)cc1. The van der Waals surface area contributed by atoms with Gasteiger partial charge in [0.2, 0.25) is 9.84 Å². The fraction of sp³-hybridized carbons (Fsp3) is 0.120. The molecule has 36 heavy (non-hydrogen) atoms. The topological polar surface area (TPSA) is 85.2 Å². The lowest BCUT2D eigenvalue weighted by Crippen LogP contribution is -2.38. The highest BCUT2D eigenvalue weighted by atomic mass is 32.2. The molecule has 0 aliphatic carbocycles. The van der Waals surface area contributed by atoms with Crippen molar-refractivity contribution in [2.24, 2.45) is 0 Å². The van der Waals surface area contributed by atoms with Gasteiger partial charge in [-0.05, 0) is 48.9 Å². The number of sulfone groups is 1. The van der Waals surface area contributed by atoms with Crippen LogP contribution in [0.4, 0.5) is 17.6 Å².